The Morgan fingerprint density at radius 3 is 2.95 bits per heavy atom. The van der Waals surface area contributed by atoms with Gasteiger partial charge in [-0.1, -0.05) is 0 Å². The van der Waals surface area contributed by atoms with Crippen LogP contribution in [0.4, 0.5) is 11.5 Å². The Balaban J connectivity index is 1.84. The van der Waals surface area contributed by atoms with Gasteiger partial charge in [-0.2, -0.15) is 11.3 Å². The third-order valence-electron chi connectivity index (χ3n) is 3.76. The molecular formula is C15H17N3O3S. The van der Waals surface area contributed by atoms with Crippen molar-refractivity contribution in [2.24, 2.45) is 0 Å². The van der Waals surface area contributed by atoms with Crippen molar-refractivity contribution in [3.63, 3.8) is 0 Å². The third-order valence-corrected chi connectivity index (χ3v) is 4.47. The minimum Gasteiger partial charge on any atom is -0.367 e. The Bertz CT molecular complexity index is 675. The van der Waals surface area contributed by atoms with E-state index in [2.05, 4.69) is 21.3 Å². The number of aryl methyl sites for hydroxylation is 1. The Labute approximate surface area is 132 Å². The molecule has 2 aromatic heterocycles. The number of ether oxygens (including phenoxy) is 1. The van der Waals surface area contributed by atoms with Gasteiger partial charge in [-0.25, -0.2) is 4.98 Å². The maximum atomic E-state index is 10.9. The summed E-state index contributed by atoms with van der Waals surface area (Å²) in [7, 11) is 0. The van der Waals surface area contributed by atoms with E-state index in [9.17, 15) is 10.1 Å². The molecule has 0 saturated carbocycles. The second-order valence-corrected chi connectivity index (χ2v) is 6.26. The van der Waals surface area contributed by atoms with Gasteiger partial charge in [0.2, 0.25) is 0 Å². The van der Waals surface area contributed by atoms with Crippen LogP contribution in [-0.4, -0.2) is 29.1 Å². The van der Waals surface area contributed by atoms with E-state index in [0.717, 1.165) is 12.4 Å². The maximum absolute atomic E-state index is 10.9. The molecule has 2 atom stereocenters. The van der Waals surface area contributed by atoms with Crippen molar-refractivity contribution in [3.8, 4) is 0 Å². The maximum Gasteiger partial charge on any atom is 0.290 e. The van der Waals surface area contributed by atoms with Crippen LogP contribution in [0.25, 0.3) is 0 Å². The van der Waals surface area contributed by atoms with Gasteiger partial charge in [0.1, 0.15) is 18.1 Å². The summed E-state index contributed by atoms with van der Waals surface area (Å²) in [6.07, 6.45) is 1.42. The zero-order chi connectivity index (χ0) is 15.7. The largest absolute Gasteiger partial charge is 0.367 e. The lowest BCUT2D eigenvalue weighted by Crippen LogP contribution is -2.43. The summed E-state index contributed by atoms with van der Waals surface area (Å²) in [6.45, 7) is 5.20. The molecule has 116 valence electrons. The predicted molar refractivity (Wildman–Crippen MR) is 85.4 cm³/mol. The van der Waals surface area contributed by atoms with E-state index < -0.39 is 4.92 Å². The van der Waals surface area contributed by atoms with E-state index in [1.165, 1.54) is 11.8 Å². The van der Waals surface area contributed by atoms with Crippen LogP contribution >= 0.6 is 11.3 Å². The summed E-state index contributed by atoms with van der Waals surface area (Å²) >= 11 is 1.65. The first-order valence-electron chi connectivity index (χ1n) is 7.08. The number of rotatable bonds is 3. The molecule has 3 heterocycles. The summed E-state index contributed by atoms with van der Waals surface area (Å²) < 4.78 is 6.00. The van der Waals surface area contributed by atoms with Gasteiger partial charge in [-0.15, -0.1) is 0 Å². The molecule has 0 spiro atoms. The first-order valence-corrected chi connectivity index (χ1v) is 8.02. The molecule has 1 saturated heterocycles. The van der Waals surface area contributed by atoms with Gasteiger partial charge in [-0.05, 0) is 42.3 Å². The van der Waals surface area contributed by atoms with Crippen LogP contribution in [0, 0.1) is 17.0 Å². The number of aromatic nitrogens is 1. The molecule has 0 N–H and O–H groups in total. The topological polar surface area (TPSA) is 68.5 Å². The first kappa shape index (κ1) is 14.9. The minimum atomic E-state index is -0.401. The SMILES string of the molecule is Cc1cc(N2C[C@@H](C)O[C@@H](c3ccsc3)C2)ncc1[N+](=O)[O-]. The number of hydrogen-bond donors (Lipinski definition) is 0. The molecule has 0 unspecified atom stereocenters. The van der Waals surface area contributed by atoms with Gasteiger partial charge in [0, 0.05) is 18.7 Å². The summed E-state index contributed by atoms with van der Waals surface area (Å²) in [5.41, 5.74) is 1.85. The van der Waals surface area contributed by atoms with Gasteiger partial charge >= 0.3 is 0 Å². The smallest absolute Gasteiger partial charge is 0.290 e. The molecule has 2 aromatic rings. The number of hydrogen-bond acceptors (Lipinski definition) is 6. The van der Waals surface area contributed by atoms with E-state index in [0.29, 0.717) is 12.1 Å². The summed E-state index contributed by atoms with van der Waals surface area (Å²) in [6, 6.07) is 3.85. The Morgan fingerprint density at radius 1 is 1.50 bits per heavy atom. The molecule has 3 rings (SSSR count). The molecule has 0 bridgehead atoms. The van der Waals surface area contributed by atoms with Gasteiger partial charge < -0.3 is 9.64 Å². The highest BCUT2D eigenvalue weighted by atomic mass is 32.1. The Morgan fingerprint density at radius 2 is 2.32 bits per heavy atom. The molecule has 22 heavy (non-hydrogen) atoms. The lowest BCUT2D eigenvalue weighted by Gasteiger charge is -2.37. The molecule has 0 aromatic carbocycles. The molecule has 7 heteroatoms. The van der Waals surface area contributed by atoms with Crippen LogP contribution in [0.1, 0.15) is 24.2 Å². The minimum absolute atomic E-state index is 0.00676. The first-order chi connectivity index (χ1) is 10.5. The highest BCUT2D eigenvalue weighted by Crippen LogP contribution is 2.30. The van der Waals surface area contributed by atoms with Crippen molar-refractivity contribution in [2.75, 3.05) is 18.0 Å². The van der Waals surface area contributed by atoms with Crippen molar-refractivity contribution < 1.29 is 9.66 Å². The van der Waals surface area contributed by atoms with Crippen molar-refractivity contribution in [2.45, 2.75) is 26.1 Å². The summed E-state index contributed by atoms with van der Waals surface area (Å²) in [4.78, 5) is 16.9. The number of nitrogens with zero attached hydrogens (tertiary/aromatic N) is 3. The lowest BCUT2D eigenvalue weighted by atomic mass is 10.1. The van der Waals surface area contributed by atoms with Gasteiger partial charge in [-0.3, -0.25) is 10.1 Å². The molecule has 0 aliphatic carbocycles. The fourth-order valence-electron chi connectivity index (χ4n) is 2.68. The van der Waals surface area contributed by atoms with Gasteiger partial charge in [0.05, 0.1) is 11.0 Å². The molecule has 1 aliphatic rings. The molecule has 0 radical (unpaired) electrons. The second kappa shape index (κ2) is 6.02. The van der Waals surface area contributed by atoms with Gasteiger partial charge in [0.25, 0.3) is 5.69 Å². The van der Waals surface area contributed by atoms with E-state index >= 15 is 0 Å². The molecule has 0 amide bonds. The number of thiophene rings is 1. The lowest BCUT2D eigenvalue weighted by molar-refractivity contribution is -0.385. The van der Waals surface area contributed by atoms with Crippen molar-refractivity contribution in [3.05, 3.63) is 50.3 Å². The molecular weight excluding hydrogens is 302 g/mol. The average Bonchev–Trinajstić information content (AvgIpc) is 3.00. The zero-order valence-corrected chi connectivity index (χ0v) is 13.2. The Hall–Kier alpha value is -1.99. The number of pyridine rings is 1. The Kier molecular flexibility index (Phi) is 4.08. The van der Waals surface area contributed by atoms with Crippen LogP contribution in [0.2, 0.25) is 0 Å². The highest BCUT2D eigenvalue weighted by molar-refractivity contribution is 7.07. The van der Waals surface area contributed by atoms with E-state index in [1.54, 1.807) is 24.3 Å². The van der Waals surface area contributed by atoms with Crippen LogP contribution in [-0.2, 0) is 4.74 Å². The number of nitro groups is 1. The molecule has 6 nitrogen and oxygen atoms in total. The monoisotopic (exact) mass is 319 g/mol. The van der Waals surface area contributed by atoms with Crippen LogP contribution in [0.5, 0.6) is 0 Å². The normalized spacial score (nSPS) is 21.8. The van der Waals surface area contributed by atoms with E-state index in [4.69, 9.17) is 4.74 Å². The van der Waals surface area contributed by atoms with Crippen molar-refractivity contribution in [1.29, 1.82) is 0 Å². The van der Waals surface area contributed by atoms with Crippen LogP contribution < -0.4 is 4.90 Å². The van der Waals surface area contributed by atoms with Crippen molar-refractivity contribution >= 4 is 22.8 Å². The number of anilines is 1. The number of morpholine rings is 1. The standard InChI is InChI=1S/C15H17N3O3S/c1-10-5-15(16-6-13(10)18(19)20)17-7-11(2)21-14(8-17)12-3-4-22-9-12/h3-6,9,11,14H,7-8H2,1-2H3/t11-,14-/m1/s1. The zero-order valence-electron chi connectivity index (χ0n) is 12.4. The van der Waals surface area contributed by atoms with Crippen LogP contribution in [0.15, 0.2) is 29.1 Å². The van der Waals surface area contributed by atoms with E-state index in [-0.39, 0.29) is 17.9 Å². The van der Waals surface area contributed by atoms with Gasteiger partial charge in [0.15, 0.2) is 0 Å². The fraction of sp³-hybridized carbons (Fsp3) is 0.400. The van der Waals surface area contributed by atoms with E-state index in [1.807, 2.05) is 12.3 Å². The molecule has 1 fully saturated rings. The molecule has 1 aliphatic heterocycles. The van der Waals surface area contributed by atoms with Crippen molar-refractivity contribution in [1.82, 2.24) is 4.98 Å². The predicted octanol–water partition coefficient (Wildman–Crippen LogP) is 3.33. The summed E-state index contributed by atoms with van der Waals surface area (Å²) in [5.74, 6) is 0.762. The highest BCUT2D eigenvalue weighted by Gasteiger charge is 2.28. The quantitative estimate of drug-likeness (QED) is 0.641. The van der Waals surface area contributed by atoms with Crippen LogP contribution in [0.3, 0.4) is 0 Å². The fourth-order valence-corrected chi connectivity index (χ4v) is 3.38. The average molecular weight is 319 g/mol. The third kappa shape index (κ3) is 2.95. The summed E-state index contributed by atoms with van der Waals surface area (Å²) in [5, 5.41) is 15.0. The second-order valence-electron chi connectivity index (χ2n) is 5.48.